The zero-order valence-corrected chi connectivity index (χ0v) is 10.8. The van der Waals surface area contributed by atoms with Crippen LogP contribution in [-0.2, 0) is 11.2 Å². The minimum atomic E-state index is 0.797. The smallest absolute Gasteiger partial charge is 0.0587 e. The first-order chi connectivity index (χ1) is 7.93. The van der Waals surface area contributed by atoms with Crippen LogP contribution in [0.4, 0.5) is 0 Å². The number of hydrogen-bond acceptors (Lipinski definition) is 4. The Morgan fingerprint density at radius 2 is 2.00 bits per heavy atom. The molecule has 16 heavy (non-hydrogen) atoms. The lowest BCUT2D eigenvalue weighted by Crippen LogP contribution is -2.25. The summed E-state index contributed by atoms with van der Waals surface area (Å²) in [5.41, 5.74) is 1.44. The van der Waals surface area contributed by atoms with Crippen molar-refractivity contribution < 1.29 is 4.74 Å². The van der Waals surface area contributed by atoms with Gasteiger partial charge in [-0.15, -0.1) is 0 Å². The molecular formula is C12H22N2OS. The molecule has 1 aromatic heterocycles. The molecule has 0 aliphatic rings. The Balaban J connectivity index is 1.78. The Morgan fingerprint density at radius 3 is 2.69 bits per heavy atom. The van der Waals surface area contributed by atoms with E-state index in [0.29, 0.717) is 0 Å². The Hall–Kier alpha value is -0.420. The highest BCUT2D eigenvalue weighted by molar-refractivity contribution is 7.07. The van der Waals surface area contributed by atoms with Crippen LogP contribution in [0.1, 0.15) is 12.0 Å². The fourth-order valence-corrected chi connectivity index (χ4v) is 2.13. The standard InChI is InChI=1S/C12H22N2OS/c1-15-9-8-14-6-2-5-13-7-3-12-4-10-16-11-12/h4,10-11,13-14H,2-3,5-9H2,1H3. The van der Waals surface area contributed by atoms with E-state index in [9.17, 15) is 0 Å². The molecule has 0 amide bonds. The molecule has 0 saturated carbocycles. The quantitative estimate of drug-likeness (QED) is 0.610. The van der Waals surface area contributed by atoms with E-state index in [-0.39, 0.29) is 0 Å². The molecule has 92 valence electrons. The molecule has 0 spiro atoms. The Bertz CT molecular complexity index is 239. The molecule has 0 atom stereocenters. The molecule has 1 rings (SSSR count). The molecule has 4 heteroatoms. The molecule has 2 N–H and O–H groups in total. The average Bonchev–Trinajstić information content (AvgIpc) is 2.80. The highest BCUT2D eigenvalue weighted by Gasteiger charge is 1.92. The SMILES string of the molecule is COCCNCCCNCCc1ccsc1. The lowest BCUT2D eigenvalue weighted by Gasteiger charge is -2.05. The van der Waals surface area contributed by atoms with Crippen molar-refractivity contribution in [3.63, 3.8) is 0 Å². The maximum Gasteiger partial charge on any atom is 0.0587 e. The maximum absolute atomic E-state index is 4.95. The summed E-state index contributed by atoms with van der Waals surface area (Å²) in [6.45, 7) is 4.98. The van der Waals surface area contributed by atoms with E-state index >= 15 is 0 Å². The Kier molecular flexibility index (Phi) is 8.34. The minimum Gasteiger partial charge on any atom is -0.383 e. The maximum atomic E-state index is 4.95. The van der Waals surface area contributed by atoms with Crippen molar-refractivity contribution in [2.24, 2.45) is 0 Å². The highest BCUT2D eigenvalue weighted by Crippen LogP contribution is 2.05. The number of rotatable bonds is 10. The molecule has 0 bridgehead atoms. The lowest BCUT2D eigenvalue weighted by molar-refractivity contribution is 0.199. The van der Waals surface area contributed by atoms with E-state index in [4.69, 9.17) is 4.74 Å². The predicted molar refractivity (Wildman–Crippen MR) is 70.3 cm³/mol. The van der Waals surface area contributed by atoms with Crippen molar-refractivity contribution in [2.45, 2.75) is 12.8 Å². The van der Waals surface area contributed by atoms with Crippen LogP contribution in [0.2, 0.25) is 0 Å². The number of methoxy groups -OCH3 is 1. The topological polar surface area (TPSA) is 33.3 Å². The van der Waals surface area contributed by atoms with Crippen LogP contribution in [0, 0.1) is 0 Å². The van der Waals surface area contributed by atoms with Gasteiger partial charge in [0.15, 0.2) is 0 Å². The van der Waals surface area contributed by atoms with E-state index in [2.05, 4.69) is 27.5 Å². The monoisotopic (exact) mass is 242 g/mol. The summed E-state index contributed by atoms with van der Waals surface area (Å²) in [4.78, 5) is 0. The van der Waals surface area contributed by atoms with Crippen LogP contribution < -0.4 is 10.6 Å². The first kappa shape index (κ1) is 13.6. The second-order valence-electron chi connectivity index (χ2n) is 3.73. The summed E-state index contributed by atoms with van der Waals surface area (Å²) in [7, 11) is 1.73. The van der Waals surface area contributed by atoms with Gasteiger partial charge in [0, 0.05) is 13.7 Å². The molecule has 0 aliphatic carbocycles. The zero-order valence-electron chi connectivity index (χ0n) is 10.00. The van der Waals surface area contributed by atoms with Crippen LogP contribution in [0.25, 0.3) is 0 Å². The van der Waals surface area contributed by atoms with Crippen molar-refractivity contribution in [1.82, 2.24) is 10.6 Å². The van der Waals surface area contributed by atoms with Crippen LogP contribution in [-0.4, -0.2) is 39.9 Å². The highest BCUT2D eigenvalue weighted by atomic mass is 32.1. The summed E-state index contributed by atoms with van der Waals surface area (Å²) < 4.78 is 4.95. The van der Waals surface area contributed by atoms with Gasteiger partial charge in [0.1, 0.15) is 0 Å². The van der Waals surface area contributed by atoms with Crippen molar-refractivity contribution >= 4 is 11.3 Å². The van der Waals surface area contributed by atoms with E-state index < -0.39 is 0 Å². The van der Waals surface area contributed by atoms with Gasteiger partial charge in [-0.25, -0.2) is 0 Å². The van der Waals surface area contributed by atoms with Crippen LogP contribution >= 0.6 is 11.3 Å². The second-order valence-corrected chi connectivity index (χ2v) is 4.51. The number of hydrogen-bond donors (Lipinski definition) is 2. The molecule has 0 aliphatic heterocycles. The fraction of sp³-hybridized carbons (Fsp3) is 0.667. The normalized spacial score (nSPS) is 10.8. The molecule has 0 fully saturated rings. The van der Waals surface area contributed by atoms with Crippen LogP contribution in [0.15, 0.2) is 16.8 Å². The molecule has 0 saturated heterocycles. The molecule has 0 radical (unpaired) electrons. The summed E-state index contributed by atoms with van der Waals surface area (Å²) >= 11 is 1.77. The van der Waals surface area contributed by atoms with Gasteiger partial charge < -0.3 is 15.4 Å². The van der Waals surface area contributed by atoms with E-state index in [1.807, 2.05) is 0 Å². The third kappa shape index (κ3) is 6.95. The molecule has 1 heterocycles. The molecule has 1 aromatic rings. The van der Waals surface area contributed by atoms with Crippen LogP contribution in [0.3, 0.4) is 0 Å². The summed E-state index contributed by atoms with van der Waals surface area (Å²) in [5.74, 6) is 0. The van der Waals surface area contributed by atoms with Gasteiger partial charge >= 0.3 is 0 Å². The van der Waals surface area contributed by atoms with Gasteiger partial charge in [-0.1, -0.05) is 0 Å². The minimum absolute atomic E-state index is 0.797. The molecular weight excluding hydrogens is 220 g/mol. The second kappa shape index (κ2) is 9.78. The van der Waals surface area contributed by atoms with Gasteiger partial charge in [0.25, 0.3) is 0 Å². The van der Waals surface area contributed by atoms with Crippen molar-refractivity contribution in [2.75, 3.05) is 39.9 Å². The van der Waals surface area contributed by atoms with Gasteiger partial charge in [-0.2, -0.15) is 11.3 Å². The number of nitrogens with one attached hydrogen (secondary N) is 2. The third-order valence-corrected chi connectivity index (χ3v) is 3.09. The summed E-state index contributed by atoms with van der Waals surface area (Å²) in [6.07, 6.45) is 2.31. The first-order valence-corrected chi connectivity index (χ1v) is 6.79. The average molecular weight is 242 g/mol. The Labute approximate surface area is 102 Å². The predicted octanol–water partition coefficient (Wildman–Crippen LogP) is 1.51. The molecule has 3 nitrogen and oxygen atoms in total. The van der Waals surface area contributed by atoms with Crippen molar-refractivity contribution in [3.8, 4) is 0 Å². The van der Waals surface area contributed by atoms with Crippen molar-refractivity contribution in [1.29, 1.82) is 0 Å². The van der Waals surface area contributed by atoms with E-state index in [1.54, 1.807) is 18.4 Å². The fourth-order valence-electron chi connectivity index (χ4n) is 1.43. The third-order valence-electron chi connectivity index (χ3n) is 2.36. The van der Waals surface area contributed by atoms with Gasteiger partial charge in [-0.3, -0.25) is 0 Å². The van der Waals surface area contributed by atoms with E-state index in [1.165, 1.54) is 12.0 Å². The lowest BCUT2D eigenvalue weighted by atomic mass is 10.2. The number of thiophene rings is 1. The van der Waals surface area contributed by atoms with Gasteiger partial charge in [0.05, 0.1) is 6.61 Å². The zero-order chi connectivity index (χ0) is 11.5. The molecule has 0 unspecified atom stereocenters. The van der Waals surface area contributed by atoms with Gasteiger partial charge in [0.2, 0.25) is 0 Å². The first-order valence-electron chi connectivity index (χ1n) is 5.85. The largest absolute Gasteiger partial charge is 0.383 e. The summed E-state index contributed by atoms with van der Waals surface area (Å²) in [5, 5.41) is 11.1. The Morgan fingerprint density at radius 1 is 1.19 bits per heavy atom. The van der Waals surface area contributed by atoms with E-state index in [0.717, 1.165) is 39.2 Å². The number of ether oxygens (including phenoxy) is 1. The molecule has 0 aromatic carbocycles. The van der Waals surface area contributed by atoms with Gasteiger partial charge in [-0.05, 0) is 54.9 Å². The van der Waals surface area contributed by atoms with Crippen LogP contribution in [0.5, 0.6) is 0 Å². The summed E-state index contributed by atoms with van der Waals surface area (Å²) in [6, 6.07) is 2.19. The van der Waals surface area contributed by atoms with Crippen molar-refractivity contribution in [3.05, 3.63) is 22.4 Å².